The largest absolute Gasteiger partial charge is 0.412 e. The molecule has 0 spiro atoms. The normalized spacial score (nSPS) is 12.7. The third-order valence-electron chi connectivity index (χ3n) is 3.90. The molecule has 18 heavy (non-hydrogen) atoms. The lowest BCUT2D eigenvalue weighted by molar-refractivity contribution is 0.0958. The summed E-state index contributed by atoms with van der Waals surface area (Å²) in [6.45, 7) is 11.3. The minimum Gasteiger partial charge on any atom is -0.412 e. The van der Waals surface area contributed by atoms with Gasteiger partial charge in [0.15, 0.2) is 8.32 Å². The number of benzene rings is 1. The van der Waals surface area contributed by atoms with Gasteiger partial charge in [-0.2, -0.15) is 0 Å². The van der Waals surface area contributed by atoms with E-state index in [4.69, 9.17) is 4.43 Å². The molecule has 0 amide bonds. The second kappa shape index (κ2) is 6.53. The zero-order valence-electron chi connectivity index (χ0n) is 12.6. The van der Waals surface area contributed by atoms with Crippen LogP contribution in [-0.4, -0.2) is 13.9 Å². The van der Waals surface area contributed by atoms with Crippen LogP contribution in [-0.2, 0) is 10.8 Å². The standard InChI is InChI=1S/C16H28OSi/c1-6-18(7-2,8-3)17-16(4,5)14-15-12-10-9-11-13-15/h9-13H,6-8,14H2,1-5H3. The van der Waals surface area contributed by atoms with Crippen molar-refractivity contribution in [2.45, 2.75) is 64.8 Å². The zero-order chi connectivity index (χ0) is 13.6. The molecule has 0 atom stereocenters. The summed E-state index contributed by atoms with van der Waals surface area (Å²) in [6, 6.07) is 14.3. The Labute approximate surface area is 114 Å². The van der Waals surface area contributed by atoms with Crippen molar-refractivity contribution in [2.75, 3.05) is 0 Å². The van der Waals surface area contributed by atoms with Gasteiger partial charge in [0, 0.05) is 0 Å². The second-order valence-corrected chi connectivity index (χ2v) is 10.5. The van der Waals surface area contributed by atoms with Gasteiger partial charge in [0.2, 0.25) is 0 Å². The quantitative estimate of drug-likeness (QED) is 0.628. The number of hydrogen-bond acceptors (Lipinski definition) is 1. The molecule has 0 saturated carbocycles. The van der Waals surface area contributed by atoms with Crippen LogP contribution >= 0.6 is 0 Å². The van der Waals surface area contributed by atoms with Crippen LogP contribution in [0.15, 0.2) is 30.3 Å². The Kier molecular flexibility index (Phi) is 5.61. The highest BCUT2D eigenvalue weighted by atomic mass is 28.4. The fourth-order valence-corrected chi connectivity index (χ4v) is 5.85. The summed E-state index contributed by atoms with van der Waals surface area (Å²) >= 11 is 0. The van der Waals surface area contributed by atoms with Crippen LogP contribution in [0, 0.1) is 0 Å². The molecule has 1 nitrogen and oxygen atoms in total. The summed E-state index contributed by atoms with van der Waals surface area (Å²) in [5, 5.41) is 0. The van der Waals surface area contributed by atoms with Crippen molar-refractivity contribution in [2.24, 2.45) is 0 Å². The van der Waals surface area contributed by atoms with Crippen molar-refractivity contribution in [3.05, 3.63) is 35.9 Å². The molecule has 0 unspecified atom stereocenters. The lowest BCUT2D eigenvalue weighted by atomic mass is 9.99. The van der Waals surface area contributed by atoms with E-state index in [-0.39, 0.29) is 5.60 Å². The Hall–Kier alpha value is -0.603. The average Bonchev–Trinajstić information content (AvgIpc) is 2.37. The fourth-order valence-electron chi connectivity index (χ4n) is 2.68. The van der Waals surface area contributed by atoms with Crippen molar-refractivity contribution < 1.29 is 4.43 Å². The van der Waals surface area contributed by atoms with Gasteiger partial charge >= 0.3 is 0 Å². The molecule has 1 aromatic carbocycles. The van der Waals surface area contributed by atoms with E-state index in [1.54, 1.807) is 0 Å². The molecule has 0 N–H and O–H groups in total. The highest BCUT2D eigenvalue weighted by Crippen LogP contribution is 2.29. The first kappa shape index (κ1) is 15.5. The topological polar surface area (TPSA) is 9.23 Å². The van der Waals surface area contributed by atoms with Crippen molar-refractivity contribution in [3.8, 4) is 0 Å². The Morgan fingerprint density at radius 2 is 1.44 bits per heavy atom. The third kappa shape index (κ3) is 4.25. The predicted molar refractivity (Wildman–Crippen MR) is 82.5 cm³/mol. The molecule has 0 saturated heterocycles. The van der Waals surface area contributed by atoms with Crippen LogP contribution in [0.1, 0.15) is 40.2 Å². The molecule has 102 valence electrons. The zero-order valence-corrected chi connectivity index (χ0v) is 13.6. The number of hydrogen-bond donors (Lipinski definition) is 0. The van der Waals surface area contributed by atoms with Gasteiger partial charge in [-0.15, -0.1) is 0 Å². The molecule has 0 aliphatic rings. The maximum atomic E-state index is 6.62. The van der Waals surface area contributed by atoms with E-state index in [1.807, 2.05) is 0 Å². The Balaban J connectivity index is 2.74. The van der Waals surface area contributed by atoms with E-state index in [0.29, 0.717) is 0 Å². The summed E-state index contributed by atoms with van der Waals surface area (Å²) in [4.78, 5) is 0. The van der Waals surface area contributed by atoms with Gasteiger partial charge in [-0.1, -0.05) is 51.1 Å². The van der Waals surface area contributed by atoms with E-state index < -0.39 is 8.32 Å². The van der Waals surface area contributed by atoms with Crippen LogP contribution < -0.4 is 0 Å². The third-order valence-corrected chi connectivity index (χ3v) is 8.75. The molecule has 0 heterocycles. The van der Waals surface area contributed by atoms with Gasteiger partial charge in [0.05, 0.1) is 5.60 Å². The minimum atomic E-state index is -1.51. The molecule has 0 aliphatic heterocycles. The molecule has 0 fully saturated rings. The summed E-state index contributed by atoms with van der Waals surface area (Å²) in [5.41, 5.74) is 1.32. The SMILES string of the molecule is CC[Si](CC)(CC)OC(C)(C)Cc1ccccc1. The summed E-state index contributed by atoms with van der Waals surface area (Å²) < 4.78 is 6.62. The molecule has 0 radical (unpaired) electrons. The van der Waals surface area contributed by atoms with Crippen molar-refractivity contribution in [1.29, 1.82) is 0 Å². The predicted octanol–water partition coefficient (Wildman–Crippen LogP) is 5.03. The molecule has 0 aliphatic carbocycles. The van der Waals surface area contributed by atoms with Gasteiger partial charge < -0.3 is 4.43 Å². The fraction of sp³-hybridized carbons (Fsp3) is 0.625. The van der Waals surface area contributed by atoms with Crippen LogP contribution in [0.5, 0.6) is 0 Å². The monoisotopic (exact) mass is 264 g/mol. The maximum Gasteiger partial charge on any atom is 0.192 e. The highest BCUT2D eigenvalue weighted by Gasteiger charge is 2.35. The van der Waals surface area contributed by atoms with Crippen LogP contribution in [0.3, 0.4) is 0 Å². The van der Waals surface area contributed by atoms with Crippen LogP contribution in [0.4, 0.5) is 0 Å². The molecule has 0 aromatic heterocycles. The van der Waals surface area contributed by atoms with Crippen molar-refractivity contribution in [1.82, 2.24) is 0 Å². The van der Waals surface area contributed by atoms with Gasteiger partial charge in [-0.3, -0.25) is 0 Å². The first-order valence-electron chi connectivity index (χ1n) is 7.21. The van der Waals surface area contributed by atoms with Gasteiger partial charge in [0.1, 0.15) is 0 Å². The van der Waals surface area contributed by atoms with Crippen LogP contribution in [0.25, 0.3) is 0 Å². The molecule has 1 rings (SSSR count). The second-order valence-electron chi connectivity index (χ2n) is 5.77. The summed E-state index contributed by atoms with van der Waals surface area (Å²) in [5.74, 6) is 0. The molecule has 2 heteroatoms. The van der Waals surface area contributed by atoms with Crippen LogP contribution in [0.2, 0.25) is 18.1 Å². The summed E-state index contributed by atoms with van der Waals surface area (Å²) in [6.07, 6.45) is 1.00. The Morgan fingerprint density at radius 3 is 1.89 bits per heavy atom. The molecule has 0 bridgehead atoms. The lowest BCUT2D eigenvalue weighted by Gasteiger charge is -2.38. The van der Waals surface area contributed by atoms with E-state index >= 15 is 0 Å². The first-order valence-corrected chi connectivity index (χ1v) is 9.74. The Morgan fingerprint density at radius 1 is 0.944 bits per heavy atom. The van der Waals surface area contributed by atoms with E-state index in [9.17, 15) is 0 Å². The maximum absolute atomic E-state index is 6.62. The van der Waals surface area contributed by atoms with Gasteiger partial charge in [0.25, 0.3) is 0 Å². The molecular weight excluding hydrogens is 236 g/mol. The lowest BCUT2D eigenvalue weighted by Crippen LogP contribution is -2.45. The van der Waals surface area contributed by atoms with E-state index in [1.165, 1.54) is 23.7 Å². The van der Waals surface area contributed by atoms with Gasteiger partial charge in [-0.05, 0) is 44.0 Å². The summed E-state index contributed by atoms with van der Waals surface area (Å²) in [7, 11) is -1.51. The minimum absolute atomic E-state index is 0.0460. The van der Waals surface area contributed by atoms with Crippen molar-refractivity contribution >= 4 is 8.32 Å². The molecular formula is C16H28OSi. The Bertz CT molecular complexity index is 333. The van der Waals surface area contributed by atoms with Crippen molar-refractivity contribution in [3.63, 3.8) is 0 Å². The number of rotatable bonds is 7. The highest BCUT2D eigenvalue weighted by molar-refractivity contribution is 6.73. The smallest absolute Gasteiger partial charge is 0.192 e. The average molecular weight is 264 g/mol. The molecule has 1 aromatic rings. The first-order chi connectivity index (χ1) is 8.47. The van der Waals surface area contributed by atoms with E-state index in [0.717, 1.165) is 6.42 Å². The van der Waals surface area contributed by atoms with Gasteiger partial charge in [-0.25, -0.2) is 0 Å². The van der Waals surface area contributed by atoms with E-state index in [2.05, 4.69) is 65.0 Å².